The molecular weight excluding hydrogens is 314 g/mol. The quantitative estimate of drug-likeness (QED) is 0.400. The van der Waals surface area contributed by atoms with Gasteiger partial charge in [0.2, 0.25) is 0 Å². The molecule has 1 nitrogen and oxygen atoms in total. The van der Waals surface area contributed by atoms with Gasteiger partial charge in [0.15, 0.2) is 0 Å². The first kappa shape index (κ1) is 15.2. The van der Waals surface area contributed by atoms with Crippen LogP contribution in [0.25, 0.3) is 33.0 Å². The fraction of sp³-hybridized carbons (Fsp3) is 0.120. The molecule has 0 spiro atoms. The van der Waals surface area contributed by atoms with Crippen LogP contribution in [-0.4, -0.2) is 0 Å². The second-order valence-corrected chi connectivity index (χ2v) is 7.69. The van der Waals surface area contributed by atoms with Crippen LogP contribution in [0.2, 0.25) is 0 Å². The zero-order chi connectivity index (χ0) is 17.9. The molecule has 0 bridgehead atoms. The van der Waals surface area contributed by atoms with Gasteiger partial charge in [-0.15, -0.1) is 0 Å². The summed E-state index contributed by atoms with van der Waals surface area (Å²) in [5.74, 6) is 0. The average molecular weight is 335 g/mol. The molecule has 0 aromatic heterocycles. The number of nitrogens with two attached hydrogens (primary N) is 1. The van der Waals surface area contributed by atoms with Crippen molar-refractivity contribution in [2.24, 2.45) is 0 Å². The number of anilines is 1. The lowest BCUT2D eigenvalue weighted by molar-refractivity contribution is 0.666. The van der Waals surface area contributed by atoms with Crippen LogP contribution >= 0.6 is 0 Å². The Hall–Kier alpha value is -3.06. The first-order chi connectivity index (χ1) is 12.6. The highest BCUT2D eigenvalue weighted by atomic mass is 14.5. The Morgan fingerprint density at radius 2 is 1.42 bits per heavy atom. The number of benzene rings is 4. The third-order valence-electron chi connectivity index (χ3n) is 5.77. The van der Waals surface area contributed by atoms with Crippen LogP contribution in [0.5, 0.6) is 0 Å². The third kappa shape index (κ3) is 1.97. The molecule has 4 aromatic rings. The molecule has 0 atom stereocenters. The van der Waals surface area contributed by atoms with E-state index in [0.29, 0.717) is 0 Å². The van der Waals surface area contributed by atoms with E-state index in [4.69, 9.17) is 5.73 Å². The SMILES string of the molecule is CC1(C)c2ccccc2-c2c(-c3ccc(N)cc3)cc3ccccc3c21. The molecule has 5 rings (SSSR count). The molecule has 0 heterocycles. The fourth-order valence-corrected chi connectivity index (χ4v) is 4.55. The number of rotatable bonds is 1. The maximum absolute atomic E-state index is 5.93. The van der Waals surface area contributed by atoms with Crippen LogP contribution in [0.15, 0.2) is 78.9 Å². The van der Waals surface area contributed by atoms with Gasteiger partial charge in [0.05, 0.1) is 0 Å². The van der Waals surface area contributed by atoms with E-state index in [1.54, 1.807) is 0 Å². The van der Waals surface area contributed by atoms with E-state index in [-0.39, 0.29) is 5.41 Å². The molecule has 1 heteroatoms. The Balaban J connectivity index is 1.97. The number of fused-ring (bicyclic) bond motifs is 5. The molecule has 4 aromatic carbocycles. The fourth-order valence-electron chi connectivity index (χ4n) is 4.55. The highest BCUT2D eigenvalue weighted by molar-refractivity contribution is 6.04. The molecule has 0 amide bonds. The van der Waals surface area contributed by atoms with Crippen molar-refractivity contribution in [3.8, 4) is 22.3 Å². The lowest BCUT2D eigenvalue weighted by Gasteiger charge is -2.24. The first-order valence-corrected chi connectivity index (χ1v) is 9.09. The second kappa shape index (κ2) is 5.22. The number of hydrogen-bond donors (Lipinski definition) is 1. The van der Waals surface area contributed by atoms with Crippen molar-refractivity contribution in [1.29, 1.82) is 0 Å². The largest absolute Gasteiger partial charge is 0.399 e. The van der Waals surface area contributed by atoms with Crippen molar-refractivity contribution in [3.63, 3.8) is 0 Å². The molecular formula is C25H21N. The number of nitrogen functional groups attached to an aromatic ring is 1. The molecule has 1 aliphatic carbocycles. The van der Waals surface area contributed by atoms with Gasteiger partial charge in [-0.2, -0.15) is 0 Å². The van der Waals surface area contributed by atoms with Crippen LogP contribution in [0.4, 0.5) is 5.69 Å². The Bertz CT molecular complexity index is 1150. The highest BCUT2D eigenvalue weighted by Crippen LogP contribution is 2.54. The van der Waals surface area contributed by atoms with Gasteiger partial charge in [0.25, 0.3) is 0 Å². The van der Waals surface area contributed by atoms with Gasteiger partial charge in [0.1, 0.15) is 0 Å². The summed E-state index contributed by atoms with van der Waals surface area (Å²) in [5.41, 5.74) is 14.8. The summed E-state index contributed by atoms with van der Waals surface area (Å²) in [4.78, 5) is 0. The van der Waals surface area contributed by atoms with Gasteiger partial charge in [-0.25, -0.2) is 0 Å². The summed E-state index contributed by atoms with van der Waals surface area (Å²) in [6.45, 7) is 4.69. The molecule has 0 unspecified atom stereocenters. The van der Waals surface area contributed by atoms with E-state index in [1.165, 1.54) is 44.2 Å². The van der Waals surface area contributed by atoms with E-state index < -0.39 is 0 Å². The average Bonchev–Trinajstić information content (AvgIpc) is 2.90. The lowest BCUT2D eigenvalue weighted by atomic mass is 9.79. The Morgan fingerprint density at radius 1 is 0.731 bits per heavy atom. The summed E-state index contributed by atoms with van der Waals surface area (Å²) in [6.07, 6.45) is 0. The van der Waals surface area contributed by atoms with Crippen molar-refractivity contribution in [1.82, 2.24) is 0 Å². The molecule has 2 N–H and O–H groups in total. The monoisotopic (exact) mass is 335 g/mol. The van der Waals surface area contributed by atoms with E-state index >= 15 is 0 Å². The van der Waals surface area contributed by atoms with Gasteiger partial charge < -0.3 is 5.73 Å². The molecule has 126 valence electrons. The van der Waals surface area contributed by atoms with Crippen LogP contribution < -0.4 is 5.73 Å². The predicted octanol–water partition coefficient (Wildman–Crippen LogP) is 6.40. The van der Waals surface area contributed by atoms with E-state index in [9.17, 15) is 0 Å². The van der Waals surface area contributed by atoms with Crippen LogP contribution in [0, 0.1) is 0 Å². The topological polar surface area (TPSA) is 26.0 Å². The standard InChI is InChI=1S/C25H21N/c1-25(2)22-10-6-5-9-20(22)23-21(16-11-13-18(26)14-12-16)15-17-7-3-4-8-19(17)24(23)25/h3-15H,26H2,1-2H3. The molecule has 0 aliphatic heterocycles. The summed E-state index contributed by atoms with van der Waals surface area (Å²) in [7, 11) is 0. The first-order valence-electron chi connectivity index (χ1n) is 9.09. The van der Waals surface area contributed by atoms with Gasteiger partial charge in [0, 0.05) is 11.1 Å². The minimum Gasteiger partial charge on any atom is -0.399 e. The number of hydrogen-bond acceptors (Lipinski definition) is 1. The molecule has 0 saturated heterocycles. The van der Waals surface area contributed by atoms with Crippen LogP contribution in [-0.2, 0) is 5.41 Å². The molecule has 0 fully saturated rings. The molecule has 0 saturated carbocycles. The van der Waals surface area contributed by atoms with Gasteiger partial charge in [-0.3, -0.25) is 0 Å². The van der Waals surface area contributed by atoms with Gasteiger partial charge >= 0.3 is 0 Å². The van der Waals surface area contributed by atoms with Crippen molar-refractivity contribution < 1.29 is 0 Å². The van der Waals surface area contributed by atoms with Crippen molar-refractivity contribution >= 4 is 16.5 Å². The van der Waals surface area contributed by atoms with Crippen molar-refractivity contribution in [3.05, 3.63) is 90.0 Å². The van der Waals surface area contributed by atoms with Crippen LogP contribution in [0.3, 0.4) is 0 Å². The minimum atomic E-state index is -0.0185. The smallest absolute Gasteiger partial charge is 0.0314 e. The third-order valence-corrected chi connectivity index (χ3v) is 5.77. The van der Waals surface area contributed by atoms with Crippen molar-refractivity contribution in [2.45, 2.75) is 19.3 Å². The molecule has 1 aliphatic rings. The highest BCUT2D eigenvalue weighted by Gasteiger charge is 2.38. The minimum absolute atomic E-state index is 0.0185. The maximum Gasteiger partial charge on any atom is 0.0314 e. The van der Waals surface area contributed by atoms with E-state index in [2.05, 4.69) is 80.6 Å². The summed E-state index contributed by atoms with van der Waals surface area (Å²) >= 11 is 0. The lowest BCUT2D eigenvalue weighted by Crippen LogP contribution is -2.15. The predicted molar refractivity (Wildman–Crippen MR) is 111 cm³/mol. The van der Waals surface area contributed by atoms with Gasteiger partial charge in [-0.1, -0.05) is 74.5 Å². The zero-order valence-electron chi connectivity index (χ0n) is 15.1. The zero-order valence-corrected chi connectivity index (χ0v) is 15.1. The summed E-state index contributed by atoms with van der Waals surface area (Å²) in [5, 5.41) is 2.64. The van der Waals surface area contributed by atoms with Crippen molar-refractivity contribution in [2.75, 3.05) is 5.73 Å². The molecule has 26 heavy (non-hydrogen) atoms. The normalized spacial score (nSPS) is 14.2. The Labute approximate surface area is 154 Å². The summed E-state index contributed by atoms with van der Waals surface area (Å²) in [6, 6.07) is 28.1. The maximum atomic E-state index is 5.93. The van der Waals surface area contributed by atoms with Gasteiger partial charge in [-0.05, 0) is 62.4 Å². The second-order valence-electron chi connectivity index (χ2n) is 7.69. The Morgan fingerprint density at radius 3 is 2.23 bits per heavy atom. The summed E-state index contributed by atoms with van der Waals surface area (Å²) < 4.78 is 0. The van der Waals surface area contributed by atoms with Crippen LogP contribution in [0.1, 0.15) is 25.0 Å². The van der Waals surface area contributed by atoms with E-state index in [0.717, 1.165) is 5.69 Å². The van der Waals surface area contributed by atoms with E-state index in [1.807, 2.05) is 12.1 Å². The Kier molecular flexibility index (Phi) is 3.05. The molecule has 0 radical (unpaired) electrons.